The lowest BCUT2D eigenvalue weighted by molar-refractivity contribution is -0.384. The number of nitro groups is 1. The summed E-state index contributed by atoms with van der Waals surface area (Å²) in [4.78, 5) is 28.1. The first kappa shape index (κ1) is 21.2. The van der Waals surface area contributed by atoms with Gasteiger partial charge in [0, 0.05) is 49.6 Å². The summed E-state index contributed by atoms with van der Waals surface area (Å²) < 4.78 is 13.2. The maximum absolute atomic E-state index is 13.5. The molecule has 0 spiro atoms. The van der Waals surface area contributed by atoms with Gasteiger partial charge in [-0.15, -0.1) is 0 Å². The molecular weight excluding hydrogens is 409 g/mol. The summed E-state index contributed by atoms with van der Waals surface area (Å²) in [7, 11) is 0. The largest absolute Gasteiger partial charge is 0.368 e. The van der Waals surface area contributed by atoms with Crippen LogP contribution in [0.2, 0.25) is 0 Å². The fraction of sp³-hybridized carbons (Fsp3) is 0.160. The molecule has 4 rings (SSSR count). The number of rotatable bonds is 5. The van der Waals surface area contributed by atoms with E-state index in [1.165, 1.54) is 24.3 Å². The average molecular weight is 431 g/mol. The lowest BCUT2D eigenvalue weighted by Gasteiger charge is -2.36. The number of benzene rings is 3. The van der Waals surface area contributed by atoms with E-state index in [-0.39, 0.29) is 17.4 Å². The predicted octanol–water partition coefficient (Wildman–Crippen LogP) is 4.62. The molecule has 1 aliphatic rings. The minimum absolute atomic E-state index is 0.0217. The van der Waals surface area contributed by atoms with Crippen LogP contribution >= 0.6 is 0 Å². The number of hydrogen-bond acceptors (Lipinski definition) is 4. The molecule has 1 saturated heterocycles. The Morgan fingerprint density at radius 2 is 1.59 bits per heavy atom. The molecule has 0 radical (unpaired) electrons. The molecule has 6 nitrogen and oxygen atoms in total. The molecule has 0 unspecified atom stereocenters. The van der Waals surface area contributed by atoms with E-state index in [9.17, 15) is 19.3 Å². The predicted molar refractivity (Wildman–Crippen MR) is 123 cm³/mol. The summed E-state index contributed by atoms with van der Waals surface area (Å²) in [6, 6.07) is 21.9. The molecule has 0 bridgehead atoms. The molecule has 0 aliphatic carbocycles. The Morgan fingerprint density at radius 3 is 2.25 bits per heavy atom. The van der Waals surface area contributed by atoms with Gasteiger partial charge in [0.05, 0.1) is 4.92 Å². The molecule has 0 saturated carbocycles. The fourth-order valence-electron chi connectivity index (χ4n) is 3.77. The van der Waals surface area contributed by atoms with Gasteiger partial charge in [-0.05, 0) is 41.5 Å². The monoisotopic (exact) mass is 431 g/mol. The van der Waals surface area contributed by atoms with Crippen LogP contribution in [-0.2, 0) is 4.79 Å². The van der Waals surface area contributed by atoms with Gasteiger partial charge >= 0.3 is 0 Å². The maximum Gasteiger partial charge on any atom is 0.270 e. The zero-order valence-electron chi connectivity index (χ0n) is 17.4. The van der Waals surface area contributed by atoms with E-state index in [4.69, 9.17) is 0 Å². The number of hydrogen-bond donors (Lipinski definition) is 0. The van der Waals surface area contributed by atoms with Gasteiger partial charge in [0.1, 0.15) is 5.82 Å². The summed E-state index contributed by atoms with van der Waals surface area (Å²) >= 11 is 0. The topological polar surface area (TPSA) is 66.7 Å². The second kappa shape index (κ2) is 9.43. The molecule has 0 N–H and O–H groups in total. The zero-order valence-corrected chi connectivity index (χ0v) is 17.4. The van der Waals surface area contributed by atoms with Crippen LogP contribution in [0.4, 0.5) is 15.8 Å². The lowest BCUT2D eigenvalue weighted by Crippen LogP contribution is -2.49. The molecule has 1 aliphatic heterocycles. The SMILES string of the molecule is O=C(/C(=C/c1cccc([N+](=O)[O-])c1)c1ccccc1)N1CCN(c2ccc(F)cc2)CC1. The number of halogens is 1. The lowest BCUT2D eigenvalue weighted by atomic mass is 10.0. The third-order valence-electron chi connectivity index (χ3n) is 5.47. The van der Waals surface area contributed by atoms with Gasteiger partial charge in [0.15, 0.2) is 0 Å². The highest BCUT2D eigenvalue weighted by Gasteiger charge is 2.25. The molecule has 0 aromatic heterocycles. The van der Waals surface area contributed by atoms with Crippen molar-refractivity contribution in [3.63, 3.8) is 0 Å². The Hall–Kier alpha value is -4.00. The number of nitro benzene ring substituents is 1. The smallest absolute Gasteiger partial charge is 0.270 e. The van der Waals surface area contributed by atoms with Crippen LogP contribution < -0.4 is 4.90 Å². The molecular formula is C25H22FN3O3. The summed E-state index contributed by atoms with van der Waals surface area (Å²) in [5.74, 6) is -0.400. The average Bonchev–Trinajstić information content (AvgIpc) is 2.83. The number of carbonyl (C=O) groups excluding carboxylic acids is 1. The molecule has 1 heterocycles. The van der Waals surface area contributed by atoms with Crippen LogP contribution in [0.3, 0.4) is 0 Å². The first-order valence-electron chi connectivity index (χ1n) is 10.3. The van der Waals surface area contributed by atoms with E-state index < -0.39 is 4.92 Å². The van der Waals surface area contributed by atoms with E-state index in [0.29, 0.717) is 37.3 Å². The van der Waals surface area contributed by atoms with Gasteiger partial charge in [-0.1, -0.05) is 42.5 Å². The van der Waals surface area contributed by atoms with E-state index in [2.05, 4.69) is 4.90 Å². The van der Waals surface area contributed by atoms with Gasteiger partial charge in [-0.3, -0.25) is 14.9 Å². The molecule has 0 atom stereocenters. The van der Waals surface area contributed by atoms with E-state index in [0.717, 1.165) is 11.3 Å². The van der Waals surface area contributed by atoms with Gasteiger partial charge in [-0.25, -0.2) is 4.39 Å². The van der Waals surface area contributed by atoms with Crippen molar-refractivity contribution in [1.82, 2.24) is 4.90 Å². The quantitative estimate of drug-likeness (QED) is 0.256. The van der Waals surface area contributed by atoms with E-state index in [1.807, 2.05) is 30.3 Å². The fourth-order valence-corrected chi connectivity index (χ4v) is 3.77. The summed E-state index contributed by atoms with van der Waals surface area (Å²) in [6.45, 7) is 2.32. The normalized spacial score (nSPS) is 14.3. The molecule has 3 aromatic rings. The van der Waals surface area contributed by atoms with Gasteiger partial charge in [-0.2, -0.15) is 0 Å². The van der Waals surface area contributed by atoms with Crippen LogP contribution in [0, 0.1) is 15.9 Å². The van der Waals surface area contributed by atoms with E-state index in [1.54, 1.807) is 35.2 Å². The highest BCUT2D eigenvalue weighted by atomic mass is 19.1. The maximum atomic E-state index is 13.5. The minimum Gasteiger partial charge on any atom is -0.368 e. The van der Waals surface area contributed by atoms with Crippen LogP contribution in [0.1, 0.15) is 11.1 Å². The Morgan fingerprint density at radius 1 is 0.906 bits per heavy atom. The highest BCUT2D eigenvalue weighted by Crippen LogP contribution is 2.24. The van der Waals surface area contributed by atoms with Crippen LogP contribution in [-0.4, -0.2) is 41.9 Å². The third-order valence-corrected chi connectivity index (χ3v) is 5.47. The highest BCUT2D eigenvalue weighted by molar-refractivity contribution is 6.24. The molecule has 1 amide bonds. The Bertz CT molecular complexity index is 1140. The van der Waals surface area contributed by atoms with Crippen LogP contribution in [0.25, 0.3) is 11.6 Å². The number of carbonyl (C=O) groups is 1. The molecule has 162 valence electrons. The summed E-state index contributed by atoms with van der Waals surface area (Å²) in [5, 5.41) is 11.1. The number of anilines is 1. The minimum atomic E-state index is -0.448. The number of amides is 1. The number of non-ortho nitro benzene ring substituents is 1. The van der Waals surface area contributed by atoms with Gasteiger partial charge in [0.2, 0.25) is 0 Å². The van der Waals surface area contributed by atoms with Crippen LogP contribution in [0.5, 0.6) is 0 Å². The Balaban J connectivity index is 1.57. The summed E-state index contributed by atoms with van der Waals surface area (Å²) in [5.41, 5.74) is 2.74. The van der Waals surface area contributed by atoms with Crippen molar-refractivity contribution in [3.8, 4) is 0 Å². The standard InChI is InChI=1S/C25H22FN3O3/c26-21-9-11-22(12-10-21)27-13-15-28(16-14-27)25(30)24(20-6-2-1-3-7-20)18-19-5-4-8-23(17-19)29(31)32/h1-12,17-18H,13-16H2/b24-18+. The van der Waals surface area contributed by atoms with Gasteiger partial charge in [0.25, 0.3) is 11.6 Å². The van der Waals surface area contributed by atoms with Crippen LogP contribution in [0.15, 0.2) is 78.9 Å². The van der Waals surface area contributed by atoms with Crippen molar-refractivity contribution in [2.75, 3.05) is 31.1 Å². The van der Waals surface area contributed by atoms with Crippen molar-refractivity contribution in [3.05, 3.63) is 106 Å². The summed E-state index contributed by atoms with van der Waals surface area (Å²) in [6.07, 6.45) is 1.71. The van der Waals surface area contributed by atoms with Crippen molar-refractivity contribution < 1.29 is 14.1 Å². The zero-order chi connectivity index (χ0) is 22.5. The Labute approximate surface area is 185 Å². The molecule has 3 aromatic carbocycles. The first-order chi connectivity index (χ1) is 15.5. The number of nitrogens with zero attached hydrogens (tertiary/aromatic N) is 3. The van der Waals surface area contributed by atoms with Crippen molar-refractivity contribution in [2.45, 2.75) is 0 Å². The van der Waals surface area contributed by atoms with Gasteiger partial charge < -0.3 is 9.80 Å². The third kappa shape index (κ3) is 4.83. The first-order valence-corrected chi connectivity index (χ1v) is 10.3. The Kier molecular flexibility index (Phi) is 6.26. The molecule has 7 heteroatoms. The van der Waals surface area contributed by atoms with Crippen molar-refractivity contribution in [1.29, 1.82) is 0 Å². The second-order valence-corrected chi connectivity index (χ2v) is 7.53. The van der Waals surface area contributed by atoms with Crippen molar-refractivity contribution in [2.24, 2.45) is 0 Å². The molecule has 1 fully saturated rings. The number of piperazine rings is 1. The molecule has 32 heavy (non-hydrogen) atoms. The second-order valence-electron chi connectivity index (χ2n) is 7.53. The van der Waals surface area contributed by atoms with Crippen molar-refractivity contribution >= 4 is 28.9 Å². The van der Waals surface area contributed by atoms with E-state index >= 15 is 0 Å².